The number of methoxy groups -OCH3 is 1. The van der Waals surface area contributed by atoms with E-state index in [1.54, 1.807) is 7.11 Å². The van der Waals surface area contributed by atoms with Gasteiger partial charge in [0.05, 0.1) is 18.2 Å². The standard InChI is InChI=1S/C25H28BrNO3.ClH/c1-3-29-24-16-21(17-27-14-13-19-9-11-22(28-2)12-10-19)15-23(26)25(24)30-18-20-7-5-4-6-8-20;/h4-12,15-16,27H,3,13-14,17-18H2,1-2H3;1H. The van der Waals surface area contributed by atoms with E-state index in [2.05, 4.69) is 57.6 Å². The molecule has 0 radical (unpaired) electrons. The Morgan fingerprint density at radius 2 is 1.61 bits per heavy atom. The largest absolute Gasteiger partial charge is 0.497 e. The minimum Gasteiger partial charge on any atom is -0.497 e. The molecule has 0 bridgehead atoms. The third-order valence-corrected chi connectivity index (χ3v) is 5.26. The number of halogens is 2. The summed E-state index contributed by atoms with van der Waals surface area (Å²) in [6.45, 7) is 4.71. The van der Waals surface area contributed by atoms with E-state index in [4.69, 9.17) is 14.2 Å². The van der Waals surface area contributed by atoms with Crippen LogP contribution in [0.15, 0.2) is 71.2 Å². The number of hydrogen-bond donors (Lipinski definition) is 1. The van der Waals surface area contributed by atoms with Crippen molar-refractivity contribution in [2.24, 2.45) is 0 Å². The third kappa shape index (κ3) is 7.76. The van der Waals surface area contributed by atoms with Crippen molar-refractivity contribution in [1.82, 2.24) is 5.32 Å². The van der Waals surface area contributed by atoms with Gasteiger partial charge in [0, 0.05) is 6.54 Å². The molecule has 0 aliphatic carbocycles. The zero-order valence-electron chi connectivity index (χ0n) is 17.9. The topological polar surface area (TPSA) is 39.7 Å². The van der Waals surface area contributed by atoms with Gasteiger partial charge in [-0.3, -0.25) is 0 Å². The second-order valence-electron chi connectivity index (χ2n) is 6.89. The lowest BCUT2D eigenvalue weighted by Gasteiger charge is -2.16. The minimum atomic E-state index is 0. The van der Waals surface area contributed by atoms with Crippen molar-refractivity contribution in [3.05, 3.63) is 87.9 Å². The summed E-state index contributed by atoms with van der Waals surface area (Å²) in [7, 11) is 1.68. The molecule has 31 heavy (non-hydrogen) atoms. The van der Waals surface area contributed by atoms with E-state index in [9.17, 15) is 0 Å². The van der Waals surface area contributed by atoms with Gasteiger partial charge in [0.25, 0.3) is 0 Å². The number of hydrogen-bond acceptors (Lipinski definition) is 4. The lowest BCUT2D eigenvalue weighted by Crippen LogP contribution is -2.17. The van der Waals surface area contributed by atoms with Crippen molar-refractivity contribution >= 4 is 28.3 Å². The predicted octanol–water partition coefficient (Wildman–Crippen LogP) is 6.19. The Morgan fingerprint density at radius 1 is 0.871 bits per heavy atom. The number of nitrogens with one attached hydrogen (secondary N) is 1. The molecule has 0 saturated heterocycles. The normalized spacial score (nSPS) is 10.3. The zero-order chi connectivity index (χ0) is 21.2. The van der Waals surface area contributed by atoms with Crippen molar-refractivity contribution in [3.63, 3.8) is 0 Å². The molecule has 0 amide bonds. The lowest BCUT2D eigenvalue weighted by atomic mass is 10.1. The number of benzene rings is 3. The van der Waals surface area contributed by atoms with E-state index in [1.807, 2.05) is 37.3 Å². The molecular weight excluding hydrogens is 478 g/mol. The van der Waals surface area contributed by atoms with E-state index in [0.29, 0.717) is 13.2 Å². The van der Waals surface area contributed by atoms with E-state index >= 15 is 0 Å². The van der Waals surface area contributed by atoms with Crippen LogP contribution in [0.3, 0.4) is 0 Å². The van der Waals surface area contributed by atoms with Gasteiger partial charge in [0.15, 0.2) is 11.5 Å². The SMILES string of the molecule is CCOc1cc(CNCCc2ccc(OC)cc2)cc(Br)c1OCc1ccccc1.Cl. The Hall–Kier alpha value is -2.21. The van der Waals surface area contributed by atoms with Gasteiger partial charge < -0.3 is 19.5 Å². The summed E-state index contributed by atoms with van der Waals surface area (Å²) in [5.74, 6) is 2.38. The first-order valence-corrected chi connectivity index (χ1v) is 10.9. The summed E-state index contributed by atoms with van der Waals surface area (Å²) < 4.78 is 18.0. The Kier molecular flexibility index (Phi) is 10.7. The number of rotatable bonds is 11. The van der Waals surface area contributed by atoms with Crippen LogP contribution < -0.4 is 19.5 Å². The van der Waals surface area contributed by atoms with Crippen molar-refractivity contribution in [3.8, 4) is 17.2 Å². The quantitative estimate of drug-likeness (QED) is 0.315. The summed E-state index contributed by atoms with van der Waals surface area (Å²) in [5.41, 5.74) is 3.55. The minimum absolute atomic E-state index is 0. The van der Waals surface area contributed by atoms with Crippen molar-refractivity contribution in [2.75, 3.05) is 20.3 Å². The van der Waals surface area contributed by atoms with Crippen LogP contribution in [0.1, 0.15) is 23.6 Å². The van der Waals surface area contributed by atoms with Crippen molar-refractivity contribution in [1.29, 1.82) is 0 Å². The molecule has 0 fully saturated rings. The van der Waals surface area contributed by atoms with E-state index in [-0.39, 0.29) is 12.4 Å². The summed E-state index contributed by atoms with van der Waals surface area (Å²) in [4.78, 5) is 0. The van der Waals surface area contributed by atoms with Gasteiger partial charge in [-0.15, -0.1) is 12.4 Å². The summed E-state index contributed by atoms with van der Waals surface area (Å²) >= 11 is 3.66. The second-order valence-corrected chi connectivity index (χ2v) is 7.74. The average molecular weight is 507 g/mol. The third-order valence-electron chi connectivity index (χ3n) is 4.67. The van der Waals surface area contributed by atoms with Gasteiger partial charge in [-0.2, -0.15) is 0 Å². The first-order valence-electron chi connectivity index (χ1n) is 10.1. The molecule has 3 aromatic carbocycles. The van der Waals surface area contributed by atoms with Gasteiger partial charge >= 0.3 is 0 Å². The smallest absolute Gasteiger partial charge is 0.175 e. The van der Waals surface area contributed by atoms with Gasteiger partial charge in [0.1, 0.15) is 12.4 Å². The molecule has 0 saturated carbocycles. The Balaban J connectivity index is 0.00000341. The molecule has 0 aliphatic heterocycles. The highest BCUT2D eigenvalue weighted by molar-refractivity contribution is 9.10. The first-order chi connectivity index (χ1) is 14.7. The fourth-order valence-corrected chi connectivity index (χ4v) is 3.72. The van der Waals surface area contributed by atoms with Gasteiger partial charge in [0.2, 0.25) is 0 Å². The van der Waals surface area contributed by atoms with Gasteiger partial charge in [-0.25, -0.2) is 0 Å². The summed E-state index contributed by atoms with van der Waals surface area (Å²) in [6.07, 6.45) is 0.960. The summed E-state index contributed by atoms with van der Waals surface area (Å²) in [5, 5.41) is 3.50. The fourth-order valence-electron chi connectivity index (χ4n) is 3.11. The van der Waals surface area contributed by atoms with Crippen LogP contribution in [0, 0.1) is 0 Å². The highest BCUT2D eigenvalue weighted by Crippen LogP contribution is 2.37. The van der Waals surface area contributed by atoms with Crippen LogP contribution in [-0.4, -0.2) is 20.3 Å². The molecular formula is C25H29BrClNO3. The molecule has 0 spiro atoms. The van der Waals surface area contributed by atoms with Crippen LogP contribution in [0.5, 0.6) is 17.2 Å². The molecule has 0 heterocycles. The molecule has 0 aromatic heterocycles. The van der Waals surface area contributed by atoms with Crippen molar-refractivity contribution in [2.45, 2.75) is 26.5 Å². The van der Waals surface area contributed by atoms with Gasteiger partial charge in [-0.05, 0) is 76.8 Å². The second kappa shape index (κ2) is 13.3. The molecule has 3 rings (SSSR count). The van der Waals surface area contributed by atoms with Crippen LogP contribution >= 0.6 is 28.3 Å². The predicted molar refractivity (Wildman–Crippen MR) is 132 cm³/mol. The van der Waals surface area contributed by atoms with Crippen LogP contribution in [-0.2, 0) is 19.6 Å². The Bertz CT molecular complexity index is 920. The Morgan fingerprint density at radius 3 is 2.29 bits per heavy atom. The van der Waals surface area contributed by atoms with E-state index in [0.717, 1.165) is 52.4 Å². The molecule has 1 N–H and O–H groups in total. The van der Waals surface area contributed by atoms with Crippen LogP contribution in [0.25, 0.3) is 0 Å². The van der Waals surface area contributed by atoms with Crippen molar-refractivity contribution < 1.29 is 14.2 Å². The molecule has 0 atom stereocenters. The lowest BCUT2D eigenvalue weighted by molar-refractivity contribution is 0.267. The van der Waals surface area contributed by atoms with Gasteiger partial charge in [-0.1, -0.05) is 42.5 Å². The van der Waals surface area contributed by atoms with Crippen LogP contribution in [0.2, 0.25) is 0 Å². The number of ether oxygens (including phenoxy) is 3. The fraction of sp³-hybridized carbons (Fsp3) is 0.280. The highest BCUT2D eigenvalue weighted by Gasteiger charge is 2.12. The first kappa shape index (κ1) is 25.1. The van der Waals surface area contributed by atoms with E-state index < -0.39 is 0 Å². The maximum absolute atomic E-state index is 6.06. The molecule has 6 heteroatoms. The average Bonchev–Trinajstić information content (AvgIpc) is 2.77. The zero-order valence-corrected chi connectivity index (χ0v) is 20.3. The molecule has 166 valence electrons. The van der Waals surface area contributed by atoms with E-state index in [1.165, 1.54) is 5.56 Å². The monoisotopic (exact) mass is 505 g/mol. The molecule has 3 aromatic rings. The Labute approximate surface area is 199 Å². The summed E-state index contributed by atoms with van der Waals surface area (Å²) in [6, 6.07) is 22.5. The molecule has 0 aliphatic rings. The molecule has 0 unspecified atom stereocenters. The maximum atomic E-state index is 6.06. The van der Waals surface area contributed by atoms with Crippen LogP contribution in [0.4, 0.5) is 0 Å². The molecule has 4 nitrogen and oxygen atoms in total. The maximum Gasteiger partial charge on any atom is 0.175 e. The highest BCUT2D eigenvalue weighted by atomic mass is 79.9.